The van der Waals surface area contributed by atoms with Crippen molar-refractivity contribution in [1.82, 2.24) is 0 Å². The minimum atomic E-state index is -2.41. The SMILES string of the molecule is CO[Si](CCCl)(OC)[Si](C)=O. The fourth-order valence-corrected chi connectivity index (χ4v) is 7.00. The Hall–Kier alpha value is 0.444. The molecule has 66 valence electrons. The van der Waals surface area contributed by atoms with E-state index >= 15 is 0 Å². The second-order valence-electron chi connectivity index (χ2n) is 2.16. The third-order valence-electron chi connectivity index (χ3n) is 1.62. The standard InChI is InChI=1S/C5H13ClO3Si2/c1-8-11(9-2,5-4-6)10(3)7/h4-5H2,1-3H3. The predicted molar refractivity (Wildman–Crippen MR) is 47.6 cm³/mol. The van der Waals surface area contributed by atoms with Gasteiger partial charge in [-0.05, 0) is 6.55 Å². The highest BCUT2D eigenvalue weighted by Crippen LogP contribution is 2.12. The molecular formula is C5H13ClO3Si2. The molecule has 0 unspecified atom stereocenters. The molecule has 0 N–H and O–H groups in total. The van der Waals surface area contributed by atoms with Gasteiger partial charge in [-0.2, -0.15) is 0 Å². The molecule has 0 rings (SSSR count). The molecule has 0 fully saturated rings. The minimum absolute atomic E-state index is 0.443. The lowest BCUT2D eigenvalue weighted by atomic mass is 11.0. The van der Waals surface area contributed by atoms with E-state index in [9.17, 15) is 4.46 Å². The van der Waals surface area contributed by atoms with E-state index in [1.54, 1.807) is 6.55 Å². The summed E-state index contributed by atoms with van der Waals surface area (Å²) in [7, 11) is -1.07. The molecule has 0 atom stereocenters. The van der Waals surface area contributed by atoms with E-state index in [1.165, 1.54) is 14.2 Å². The average molecular weight is 213 g/mol. The van der Waals surface area contributed by atoms with Crippen LogP contribution in [-0.4, -0.2) is 36.4 Å². The van der Waals surface area contributed by atoms with Crippen LogP contribution in [-0.2, 0) is 13.3 Å². The van der Waals surface area contributed by atoms with E-state index in [-0.39, 0.29) is 0 Å². The van der Waals surface area contributed by atoms with Crippen LogP contribution in [0.25, 0.3) is 0 Å². The van der Waals surface area contributed by atoms with E-state index in [2.05, 4.69) is 0 Å². The summed E-state index contributed by atoms with van der Waals surface area (Å²) in [5.41, 5.74) is 0. The molecular weight excluding hydrogens is 200 g/mol. The zero-order valence-corrected chi connectivity index (χ0v) is 9.77. The van der Waals surface area contributed by atoms with E-state index < -0.39 is 16.3 Å². The molecule has 0 radical (unpaired) electrons. The van der Waals surface area contributed by atoms with Crippen molar-refractivity contribution in [2.45, 2.75) is 12.6 Å². The van der Waals surface area contributed by atoms with Crippen molar-refractivity contribution >= 4 is 27.9 Å². The van der Waals surface area contributed by atoms with Gasteiger partial charge in [-0.1, -0.05) is 0 Å². The number of hydrogen-bond donors (Lipinski definition) is 0. The molecule has 0 saturated carbocycles. The Bertz CT molecular complexity index is 138. The predicted octanol–water partition coefficient (Wildman–Crippen LogP) is 1.09. The number of rotatable bonds is 5. The third-order valence-corrected chi connectivity index (χ3v) is 10.6. The maximum atomic E-state index is 11.3. The van der Waals surface area contributed by atoms with Crippen molar-refractivity contribution in [2.24, 2.45) is 0 Å². The summed E-state index contributed by atoms with van der Waals surface area (Å²) in [4.78, 5) is 0. The van der Waals surface area contributed by atoms with E-state index in [0.29, 0.717) is 11.9 Å². The highest BCUT2D eigenvalue weighted by atomic mass is 35.5. The highest BCUT2D eigenvalue weighted by molar-refractivity contribution is 7.20. The van der Waals surface area contributed by atoms with Crippen molar-refractivity contribution in [3.8, 4) is 0 Å². The van der Waals surface area contributed by atoms with Crippen LogP contribution in [0.1, 0.15) is 0 Å². The normalized spacial score (nSPS) is 11.6. The first-order valence-corrected chi connectivity index (χ1v) is 8.77. The summed E-state index contributed by atoms with van der Waals surface area (Å²) >= 11 is 5.54. The molecule has 0 heterocycles. The van der Waals surface area contributed by atoms with Gasteiger partial charge in [-0.15, -0.1) is 11.6 Å². The Morgan fingerprint density at radius 1 is 1.45 bits per heavy atom. The monoisotopic (exact) mass is 212 g/mol. The summed E-state index contributed by atoms with van der Waals surface area (Å²) in [6.45, 7) is 1.66. The van der Waals surface area contributed by atoms with Crippen molar-refractivity contribution < 1.29 is 13.3 Å². The van der Waals surface area contributed by atoms with Crippen molar-refractivity contribution in [2.75, 3.05) is 20.1 Å². The van der Waals surface area contributed by atoms with Gasteiger partial charge in [0.05, 0.1) is 0 Å². The Kier molecular flexibility index (Phi) is 5.36. The molecule has 6 heteroatoms. The lowest BCUT2D eigenvalue weighted by Gasteiger charge is -2.22. The van der Waals surface area contributed by atoms with Gasteiger partial charge in [-0.3, -0.25) is 0 Å². The lowest BCUT2D eigenvalue weighted by molar-refractivity contribution is 0.262. The van der Waals surface area contributed by atoms with Crippen LogP contribution < -0.4 is 0 Å². The van der Waals surface area contributed by atoms with E-state index in [4.69, 9.17) is 20.5 Å². The molecule has 11 heavy (non-hydrogen) atoms. The number of hydrogen-bond acceptors (Lipinski definition) is 3. The topological polar surface area (TPSA) is 35.5 Å². The van der Waals surface area contributed by atoms with Gasteiger partial charge < -0.3 is 13.3 Å². The second-order valence-corrected chi connectivity index (χ2v) is 10.9. The molecule has 0 saturated heterocycles. The maximum absolute atomic E-state index is 11.3. The first kappa shape index (κ1) is 11.4. The summed E-state index contributed by atoms with van der Waals surface area (Å²) < 4.78 is 21.6. The largest absolute Gasteiger partial charge is 0.396 e. The Balaban J connectivity index is 4.32. The van der Waals surface area contributed by atoms with Crippen LogP contribution >= 0.6 is 11.6 Å². The summed E-state index contributed by atoms with van der Waals surface area (Å²) in [5.74, 6) is 0.443. The smallest absolute Gasteiger partial charge is 0.385 e. The number of alkyl halides is 1. The van der Waals surface area contributed by atoms with Gasteiger partial charge in [0, 0.05) is 26.1 Å². The molecule has 0 amide bonds. The average Bonchev–Trinajstić information content (AvgIpc) is 2.00. The van der Waals surface area contributed by atoms with Gasteiger partial charge in [0.1, 0.15) is 0 Å². The molecule has 0 aromatic rings. The first-order valence-electron chi connectivity index (χ1n) is 3.30. The minimum Gasteiger partial charge on any atom is -0.396 e. The quantitative estimate of drug-likeness (QED) is 0.506. The third kappa shape index (κ3) is 2.75. The van der Waals surface area contributed by atoms with E-state index in [0.717, 1.165) is 0 Å². The number of halogens is 1. The summed E-state index contributed by atoms with van der Waals surface area (Å²) in [5, 5.41) is 0. The van der Waals surface area contributed by atoms with Crippen molar-refractivity contribution in [3.63, 3.8) is 0 Å². The fourth-order valence-electron chi connectivity index (χ4n) is 0.875. The molecule has 0 aliphatic heterocycles. The molecule has 0 spiro atoms. The van der Waals surface area contributed by atoms with Gasteiger partial charge in [0.2, 0.25) is 0 Å². The fraction of sp³-hybridized carbons (Fsp3) is 1.00. The molecule has 3 nitrogen and oxygen atoms in total. The summed E-state index contributed by atoms with van der Waals surface area (Å²) in [6.07, 6.45) is 0. The van der Waals surface area contributed by atoms with Crippen LogP contribution in [0.3, 0.4) is 0 Å². The van der Waals surface area contributed by atoms with Gasteiger partial charge in [0.15, 0.2) is 0 Å². The van der Waals surface area contributed by atoms with Crippen molar-refractivity contribution in [3.05, 3.63) is 0 Å². The van der Waals surface area contributed by atoms with E-state index in [1.807, 2.05) is 0 Å². The van der Waals surface area contributed by atoms with Gasteiger partial charge in [0.25, 0.3) is 0 Å². The lowest BCUT2D eigenvalue weighted by Crippen LogP contribution is -2.49. The molecule has 0 aromatic carbocycles. The maximum Gasteiger partial charge on any atom is 0.385 e. The molecule has 0 bridgehead atoms. The molecule has 0 aliphatic carbocycles. The van der Waals surface area contributed by atoms with Gasteiger partial charge >= 0.3 is 16.3 Å². The summed E-state index contributed by atoms with van der Waals surface area (Å²) in [6, 6.07) is 0.593. The van der Waals surface area contributed by atoms with Gasteiger partial charge in [-0.25, -0.2) is 0 Å². The van der Waals surface area contributed by atoms with Crippen LogP contribution in [0.2, 0.25) is 12.6 Å². The Labute approximate surface area is 74.3 Å². The zero-order valence-electron chi connectivity index (χ0n) is 7.02. The Morgan fingerprint density at radius 2 is 1.91 bits per heavy atom. The molecule has 0 aliphatic rings. The van der Waals surface area contributed by atoms with Crippen LogP contribution in [0.15, 0.2) is 0 Å². The van der Waals surface area contributed by atoms with Crippen LogP contribution in [0, 0.1) is 0 Å². The second kappa shape index (κ2) is 5.15. The first-order chi connectivity index (χ1) is 5.13. The zero-order chi connectivity index (χ0) is 8.91. The van der Waals surface area contributed by atoms with Crippen LogP contribution in [0.4, 0.5) is 0 Å². The van der Waals surface area contributed by atoms with Crippen LogP contribution in [0.5, 0.6) is 0 Å². The van der Waals surface area contributed by atoms with Crippen molar-refractivity contribution in [1.29, 1.82) is 0 Å². The highest BCUT2D eigenvalue weighted by Gasteiger charge is 2.42. The molecule has 0 aromatic heterocycles. The Morgan fingerprint density at radius 3 is 2.00 bits per heavy atom.